The molecule has 0 aliphatic carbocycles. The molecule has 2 heterocycles. The van der Waals surface area contributed by atoms with E-state index >= 15 is 0 Å². The molecule has 8 heteroatoms. The summed E-state index contributed by atoms with van der Waals surface area (Å²) < 4.78 is 21.8. The molecular weight excluding hydrogens is 520 g/mol. The van der Waals surface area contributed by atoms with Crippen LogP contribution in [0.4, 0.5) is 0 Å². The maximum absolute atomic E-state index is 12.0. The molecule has 2 aromatic heterocycles. The van der Waals surface area contributed by atoms with Crippen LogP contribution in [0.5, 0.6) is 11.5 Å². The van der Waals surface area contributed by atoms with E-state index in [1.807, 2.05) is 24.3 Å². The van der Waals surface area contributed by atoms with Gasteiger partial charge in [0.1, 0.15) is 11.5 Å². The maximum Gasteiger partial charge on any atom is 0.379 e. The van der Waals surface area contributed by atoms with E-state index in [0.29, 0.717) is 20.8 Å². The second-order valence-corrected chi connectivity index (χ2v) is 7.60. The molecule has 6 nitrogen and oxygen atoms in total. The van der Waals surface area contributed by atoms with E-state index in [0.717, 1.165) is 11.1 Å². The predicted molar refractivity (Wildman–Crippen MR) is 115 cm³/mol. The smallest absolute Gasteiger partial charge is 0.379 e. The number of carbonyl (C=O) groups is 2. The molecule has 0 unspecified atom stereocenters. The van der Waals surface area contributed by atoms with E-state index in [1.54, 1.807) is 36.4 Å². The lowest BCUT2D eigenvalue weighted by Crippen LogP contribution is -2.07. The van der Waals surface area contributed by atoms with Crippen LogP contribution in [-0.2, 0) is 0 Å². The fourth-order valence-corrected chi connectivity index (χ4v) is 3.21. The van der Waals surface area contributed by atoms with Crippen molar-refractivity contribution in [3.05, 3.63) is 93.7 Å². The Kier molecular flexibility index (Phi) is 5.87. The Bertz CT molecular complexity index is 1090. The zero-order valence-corrected chi connectivity index (χ0v) is 18.3. The second-order valence-electron chi connectivity index (χ2n) is 6.04. The summed E-state index contributed by atoms with van der Waals surface area (Å²) in [7, 11) is 0. The van der Waals surface area contributed by atoms with Crippen molar-refractivity contribution in [2.75, 3.05) is 0 Å². The monoisotopic (exact) mass is 530 g/mol. The molecule has 0 fully saturated rings. The topological polar surface area (TPSA) is 78.9 Å². The molecule has 0 spiro atoms. The molecule has 4 aromatic rings. The Morgan fingerprint density at radius 3 is 1.23 bits per heavy atom. The number of carbonyl (C=O) groups excluding carboxylic acids is 2. The van der Waals surface area contributed by atoms with E-state index < -0.39 is 11.9 Å². The molecule has 0 radical (unpaired) electrons. The summed E-state index contributed by atoms with van der Waals surface area (Å²) in [6.07, 6.45) is 0. The average Bonchev–Trinajstić information content (AvgIpc) is 3.38. The van der Waals surface area contributed by atoms with Crippen LogP contribution in [0.1, 0.15) is 21.1 Å². The number of hydrogen-bond acceptors (Lipinski definition) is 6. The highest BCUT2D eigenvalue weighted by Gasteiger charge is 2.14. The van der Waals surface area contributed by atoms with Gasteiger partial charge in [0.25, 0.3) is 0 Å². The normalized spacial score (nSPS) is 10.6. The Morgan fingerprint density at radius 1 is 0.567 bits per heavy atom. The SMILES string of the molecule is O=C(Oc1ccc(-c2ccc(OC(=O)c3ccc(Br)o3)cc2)cc1)c1ccc(Br)o1. The summed E-state index contributed by atoms with van der Waals surface area (Å²) in [5.74, 6) is -0.153. The van der Waals surface area contributed by atoms with Gasteiger partial charge < -0.3 is 18.3 Å². The van der Waals surface area contributed by atoms with E-state index in [4.69, 9.17) is 18.3 Å². The van der Waals surface area contributed by atoms with Crippen LogP contribution in [0.25, 0.3) is 11.1 Å². The number of rotatable bonds is 5. The van der Waals surface area contributed by atoms with Crippen LogP contribution in [0.2, 0.25) is 0 Å². The van der Waals surface area contributed by atoms with Crippen molar-refractivity contribution in [1.29, 1.82) is 0 Å². The van der Waals surface area contributed by atoms with Crippen molar-refractivity contribution in [2.45, 2.75) is 0 Å². The quantitative estimate of drug-likeness (QED) is 0.216. The van der Waals surface area contributed by atoms with E-state index in [1.165, 1.54) is 12.1 Å². The molecule has 0 saturated heterocycles. The maximum atomic E-state index is 12.0. The van der Waals surface area contributed by atoms with Crippen LogP contribution in [0.15, 0.2) is 91.0 Å². The Morgan fingerprint density at radius 2 is 0.933 bits per heavy atom. The molecule has 2 aromatic carbocycles. The van der Waals surface area contributed by atoms with Crippen molar-refractivity contribution in [3.63, 3.8) is 0 Å². The average molecular weight is 532 g/mol. The Labute approximate surface area is 187 Å². The van der Waals surface area contributed by atoms with Crippen LogP contribution in [0, 0.1) is 0 Å². The highest BCUT2D eigenvalue weighted by molar-refractivity contribution is 9.10. The van der Waals surface area contributed by atoms with Crippen LogP contribution < -0.4 is 9.47 Å². The van der Waals surface area contributed by atoms with Gasteiger partial charge in [-0.15, -0.1) is 0 Å². The molecule has 0 N–H and O–H groups in total. The summed E-state index contributed by atoms with van der Waals surface area (Å²) in [5.41, 5.74) is 1.81. The van der Waals surface area contributed by atoms with Gasteiger partial charge in [-0.1, -0.05) is 24.3 Å². The molecule has 0 atom stereocenters. The van der Waals surface area contributed by atoms with E-state index in [-0.39, 0.29) is 11.5 Å². The lowest BCUT2D eigenvalue weighted by atomic mass is 10.1. The molecule has 150 valence electrons. The molecule has 0 amide bonds. The van der Waals surface area contributed by atoms with E-state index in [2.05, 4.69) is 31.9 Å². The number of hydrogen-bond donors (Lipinski definition) is 0. The van der Waals surface area contributed by atoms with Crippen molar-refractivity contribution >= 4 is 43.8 Å². The minimum absolute atomic E-state index is 0.109. The van der Waals surface area contributed by atoms with Gasteiger partial charge in [-0.25, -0.2) is 9.59 Å². The lowest BCUT2D eigenvalue weighted by molar-refractivity contribution is 0.0691. The minimum Gasteiger partial charge on any atom is -0.442 e. The van der Waals surface area contributed by atoms with Crippen molar-refractivity contribution in [1.82, 2.24) is 0 Å². The first-order chi connectivity index (χ1) is 14.5. The Hall–Kier alpha value is -3.10. The fourth-order valence-electron chi connectivity index (χ4n) is 2.59. The fraction of sp³-hybridized carbons (Fsp3) is 0. The highest BCUT2D eigenvalue weighted by atomic mass is 79.9. The van der Waals surface area contributed by atoms with Gasteiger partial charge in [0.2, 0.25) is 11.5 Å². The minimum atomic E-state index is -0.580. The number of halogens is 2. The number of benzene rings is 2. The third kappa shape index (κ3) is 4.72. The third-order valence-corrected chi connectivity index (χ3v) is 4.86. The third-order valence-electron chi connectivity index (χ3n) is 4.01. The van der Waals surface area contributed by atoms with Gasteiger partial charge in [0.15, 0.2) is 9.34 Å². The van der Waals surface area contributed by atoms with Crippen LogP contribution >= 0.6 is 31.9 Å². The molecule has 30 heavy (non-hydrogen) atoms. The van der Waals surface area contributed by atoms with Gasteiger partial charge in [-0.05, 0) is 91.5 Å². The molecular formula is C22H12Br2O6. The zero-order chi connectivity index (χ0) is 21.1. The van der Waals surface area contributed by atoms with Gasteiger partial charge in [0.05, 0.1) is 0 Å². The molecule has 0 aliphatic rings. The van der Waals surface area contributed by atoms with Gasteiger partial charge >= 0.3 is 11.9 Å². The zero-order valence-electron chi connectivity index (χ0n) is 15.1. The van der Waals surface area contributed by atoms with Gasteiger partial charge in [0, 0.05) is 0 Å². The number of ether oxygens (including phenoxy) is 2. The second kappa shape index (κ2) is 8.73. The summed E-state index contributed by atoms with van der Waals surface area (Å²) in [6.45, 7) is 0. The molecule has 0 bridgehead atoms. The first-order valence-electron chi connectivity index (χ1n) is 8.63. The first kappa shape index (κ1) is 20.2. The predicted octanol–water partition coefficient (Wildman–Crippen LogP) is 6.50. The summed E-state index contributed by atoms with van der Waals surface area (Å²) in [6, 6.07) is 20.3. The van der Waals surface area contributed by atoms with Gasteiger partial charge in [-0.3, -0.25) is 0 Å². The highest BCUT2D eigenvalue weighted by Crippen LogP contribution is 2.26. The van der Waals surface area contributed by atoms with Crippen LogP contribution in [-0.4, -0.2) is 11.9 Å². The van der Waals surface area contributed by atoms with Crippen molar-refractivity contribution < 1.29 is 27.9 Å². The van der Waals surface area contributed by atoms with Crippen molar-refractivity contribution in [2.24, 2.45) is 0 Å². The molecule has 4 rings (SSSR count). The first-order valence-corrected chi connectivity index (χ1v) is 10.2. The standard InChI is InChI=1S/C22H12Br2O6/c23-19-11-9-17(29-19)21(25)27-15-5-1-13(2-6-15)14-3-7-16(8-4-14)28-22(26)18-10-12-20(24)30-18/h1-12H. The van der Waals surface area contributed by atoms with E-state index in [9.17, 15) is 9.59 Å². The molecule has 0 saturated carbocycles. The number of esters is 2. The van der Waals surface area contributed by atoms with Crippen LogP contribution in [0.3, 0.4) is 0 Å². The summed E-state index contributed by atoms with van der Waals surface area (Å²) in [4.78, 5) is 24.0. The van der Waals surface area contributed by atoms with Gasteiger partial charge in [-0.2, -0.15) is 0 Å². The lowest BCUT2D eigenvalue weighted by Gasteiger charge is -2.06. The largest absolute Gasteiger partial charge is 0.442 e. The summed E-state index contributed by atoms with van der Waals surface area (Å²) in [5, 5.41) is 0. The van der Waals surface area contributed by atoms with Crippen molar-refractivity contribution in [3.8, 4) is 22.6 Å². The molecule has 0 aliphatic heterocycles. The Balaban J connectivity index is 1.40. The number of furan rings is 2. The summed E-state index contributed by atoms with van der Waals surface area (Å²) >= 11 is 6.29.